The van der Waals surface area contributed by atoms with Crippen molar-refractivity contribution in [2.24, 2.45) is 0 Å². The fourth-order valence-corrected chi connectivity index (χ4v) is 1.70. The Hall–Kier alpha value is -1.65. The molecular formula is C14H24N4O. The van der Waals surface area contributed by atoms with Crippen molar-refractivity contribution < 1.29 is 4.79 Å². The molecule has 0 bridgehead atoms. The van der Waals surface area contributed by atoms with E-state index in [-0.39, 0.29) is 5.91 Å². The fourth-order valence-electron chi connectivity index (χ4n) is 1.70. The lowest BCUT2D eigenvalue weighted by molar-refractivity contribution is 0.0948. The van der Waals surface area contributed by atoms with Crippen LogP contribution in [0.2, 0.25) is 0 Å². The van der Waals surface area contributed by atoms with Crippen LogP contribution in [0.1, 0.15) is 49.4 Å². The van der Waals surface area contributed by atoms with Crippen LogP contribution in [0.25, 0.3) is 0 Å². The normalized spacial score (nSPS) is 10.3. The van der Waals surface area contributed by atoms with Gasteiger partial charge >= 0.3 is 0 Å². The van der Waals surface area contributed by atoms with E-state index in [1.54, 1.807) is 6.07 Å². The highest BCUT2D eigenvalue weighted by atomic mass is 16.1. The Morgan fingerprint density at radius 2 is 2.05 bits per heavy atom. The summed E-state index contributed by atoms with van der Waals surface area (Å²) in [5.74, 6) is 1.31. The molecule has 1 N–H and O–H groups in total. The molecule has 19 heavy (non-hydrogen) atoms. The van der Waals surface area contributed by atoms with Gasteiger partial charge < -0.3 is 10.2 Å². The predicted molar refractivity (Wildman–Crippen MR) is 77.6 cm³/mol. The second-order valence-electron chi connectivity index (χ2n) is 4.69. The zero-order valence-electron chi connectivity index (χ0n) is 12.4. The number of carbonyl (C=O) groups excluding carboxylic acids is 1. The van der Waals surface area contributed by atoms with Gasteiger partial charge in [0.15, 0.2) is 0 Å². The Morgan fingerprint density at radius 1 is 1.32 bits per heavy atom. The molecule has 0 saturated heterocycles. The van der Waals surface area contributed by atoms with E-state index in [2.05, 4.69) is 27.1 Å². The van der Waals surface area contributed by atoms with Gasteiger partial charge in [0.2, 0.25) is 0 Å². The zero-order chi connectivity index (χ0) is 14.3. The highest BCUT2D eigenvalue weighted by Gasteiger charge is 2.11. The summed E-state index contributed by atoms with van der Waals surface area (Å²) in [6, 6.07) is 1.76. The van der Waals surface area contributed by atoms with Crippen LogP contribution in [-0.4, -0.2) is 36.0 Å². The average Bonchev–Trinajstić information content (AvgIpc) is 2.41. The van der Waals surface area contributed by atoms with Gasteiger partial charge in [-0.3, -0.25) is 4.79 Å². The molecule has 106 valence electrons. The first-order valence-corrected chi connectivity index (χ1v) is 6.93. The fraction of sp³-hybridized carbons (Fsp3) is 0.643. The summed E-state index contributed by atoms with van der Waals surface area (Å²) in [5, 5.41) is 2.84. The van der Waals surface area contributed by atoms with E-state index in [0.717, 1.165) is 31.6 Å². The number of aryl methyl sites for hydroxylation is 1. The standard InChI is InChI=1S/C14H24N4O/c1-5-7-9-18(4)13-10-12(16-11(3)17-13)14(19)15-8-6-2/h10H,5-9H2,1-4H3,(H,15,19). The van der Waals surface area contributed by atoms with Gasteiger partial charge in [0.25, 0.3) is 5.91 Å². The maximum absolute atomic E-state index is 11.9. The van der Waals surface area contributed by atoms with Gasteiger partial charge in [-0.25, -0.2) is 9.97 Å². The largest absolute Gasteiger partial charge is 0.360 e. The minimum atomic E-state index is -0.127. The highest BCUT2D eigenvalue weighted by molar-refractivity contribution is 5.92. The van der Waals surface area contributed by atoms with E-state index in [1.807, 2.05) is 20.9 Å². The summed E-state index contributed by atoms with van der Waals surface area (Å²) in [6.45, 7) is 7.60. The first-order chi connectivity index (χ1) is 9.08. The third-order valence-corrected chi connectivity index (χ3v) is 2.83. The molecule has 5 heteroatoms. The van der Waals surface area contributed by atoms with Crippen LogP contribution in [0.4, 0.5) is 5.82 Å². The van der Waals surface area contributed by atoms with Crippen LogP contribution in [0.3, 0.4) is 0 Å². The molecule has 0 spiro atoms. The molecule has 1 amide bonds. The summed E-state index contributed by atoms with van der Waals surface area (Å²) in [6.07, 6.45) is 3.16. The quantitative estimate of drug-likeness (QED) is 0.820. The van der Waals surface area contributed by atoms with E-state index in [4.69, 9.17) is 0 Å². The van der Waals surface area contributed by atoms with Gasteiger partial charge in [-0.1, -0.05) is 20.3 Å². The van der Waals surface area contributed by atoms with Crippen LogP contribution in [0.15, 0.2) is 6.07 Å². The van der Waals surface area contributed by atoms with Crippen LogP contribution in [0.5, 0.6) is 0 Å². The zero-order valence-corrected chi connectivity index (χ0v) is 12.4. The molecule has 0 aliphatic rings. The molecule has 1 aromatic heterocycles. The molecule has 5 nitrogen and oxygen atoms in total. The number of carbonyl (C=O) groups is 1. The maximum atomic E-state index is 11.9. The summed E-state index contributed by atoms with van der Waals surface area (Å²) in [4.78, 5) is 22.6. The van der Waals surface area contributed by atoms with Gasteiger partial charge in [0.1, 0.15) is 17.3 Å². The van der Waals surface area contributed by atoms with Gasteiger partial charge in [-0.15, -0.1) is 0 Å². The monoisotopic (exact) mass is 264 g/mol. The SMILES string of the molecule is CCCCN(C)c1cc(C(=O)NCCC)nc(C)n1. The van der Waals surface area contributed by atoms with Crippen molar-refractivity contribution in [3.05, 3.63) is 17.6 Å². The van der Waals surface area contributed by atoms with Crippen molar-refractivity contribution in [1.29, 1.82) is 0 Å². The number of nitrogens with one attached hydrogen (secondary N) is 1. The van der Waals surface area contributed by atoms with Crippen molar-refractivity contribution >= 4 is 11.7 Å². The topological polar surface area (TPSA) is 58.1 Å². The molecule has 0 saturated carbocycles. The van der Waals surface area contributed by atoms with Gasteiger partial charge in [0, 0.05) is 26.2 Å². The molecule has 0 fully saturated rings. The second kappa shape index (κ2) is 7.71. The summed E-state index contributed by atoms with van der Waals surface area (Å²) < 4.78 is 0. The Morgan fingerprint density at radius 3 is 2.68 bits per heavy atom. The molecule has 1 heterocycles. The molecule has 0 radical (unpaired) electrons. The van der Waals surface area contributed by atoms with Gasteiger partial charge in [-0.2, -0.15) is 0 Å². The third-order valence-electron chi connectivity index (χ3n) is 2.83. The maximum Gasteiger partial charge on any atom is 0.270 e. The van der Waals surface area contributed by atoms with Crippen LogP contribution < -0.4 is 10.2 Å². The third kappa shape index (κ3) is 4.85. The Labute approximate surface area is 115 Å². The number of unbranched alkanes of at least 4 members (excludes halogenated alkanes) is 1. The number of nitrogens with zero attached hydrogens (tertiary/aromatic N) is 3. The number of amides is 1. The molecule has 0 aliphatic carbocycles. The van der Waals surface area contributed by atoms with Crippen LogP contribution in [-0.2, 0) is 0 Å². The van der Waals surface area contributed by atoms with Crippen LogP contribution >= 0.6 is 0 Å². The Balaban J connectivity index is 2.84. The molecule has 0 atom stereocenters. The Bertz CT molecular complexity index is 420. The van der Waals surface area contributed by atoms with Gasteiger partial charge in [0.05, 0.1) is 0 Å². The minimum absolute atomic E-state index is 0.127. The van der Waals surface area contributed by atoms with Crippen molar-refractivity contribution in [1.82, 2.24) is 15.3 Å². The average molecular weight is 264 g/mol. The molecular weight excluding hydrogens is 240 g/mol. The smallest absolute Gasteiger partial charge is 0.270 e. The first-order valence-electron chi connectivity index (χ1n) is 6.93. The van der Waals surface area contributed by atoms with Crippen molar-refractivity contribution in [2.75, 3.05) is 25.0 Å². The molecule has 1 aromatic rings. The first kappa shape index (κ1) is 15.4. The Kier molecular flexibility index (Phi) is 6.25. The van der Waals surface area contributed by atoms with Gasteiger partial charge in [-0.05, 0) is 19.8 Å². The number of hydrogen-bond acceptors (Lipinski definition) is 4. The second-order valence-corrected chi connectivity index (χ2v) is 4.69. The lowest BCUT2D eigenvalue weighted by atomic mass is 10.3. The van der Waals surface area contributed by atoms with E-state index < -0.39 is 0 Å². The molecule has 1 rings (SSSR count). The summed E-state index contributed by atoms with van der Waals surface area (Å²) in [7, 11) is 1.99. The lowest BCUT2D eigenvalue weighted by Crippen LogP contribution is -2.27. The van der Waals surface area contributed by atoms with E-state index in [0.29, 0.717) is 18.1 Å². The van der Waals surface area contributed by atoms with Crippen molar-refractivity contribution in [2.45, 2.75) is 40.0 Å². The van der Waals surface area contributed by atoms with E-state index in [1.165, 1.54) is 0 Å². The molecule has 0 unspecified atom stereocenters. The summed E-state index contributed by atoms with van der Waals surface area (Å²) in [5.41, 5.74) is 0.444. The summed E-state index contributed by atoms with van der Waals surface area (Å²) >= 11 is 0. The number of anilines is 1. The number of rotatable bonds is 7. The van der Waals surface area contributed by atoms with E-state index in [9.17, 15) is 4.79 Å². The number of aromatic nitrogens is 2. The minimum Gasteiger partial charge on any atom is -0.360 e. The predicted octanol–water partition coefficient (Wildman–Crippen LogP) is 2.16. The highest BCUT2D eigenvalue weighted by Crippen LogP contribution is 2.12. The number of hydrogen-bond donors (Lipinski definition) is 1. The lowest BCUT2D eigenvalue weighted by Gasteiger charge is -2.18. The van der Waals surface area contributed by atoms with Crippen LogP contribution in [0, 0.1) is 6.92 Å². The molecule has 0 aliphatic heterocycles. The van der Waals surface area contributed by atoms with Crippen molar-refractivity contribution in [3.8, 4) is 0 Å². The van der Waals surface area contributed by atoms with Crippen molar-refractivity contribution in [3.63, 3.8) is 0 Å². The van der Waals surface area contributed by atoms with E-state index >= 15 is 0 Å². The molecule has 0 aromatic carbocycles.